The summed E-state index contributed by atoms with van der Waals surface area (Å²) in [5.74, 6) is 0.377. The minimum Gasteiger partial charge on any atom is -0.496 e. The molecule has 0 aromatic heterocycles. The first-order valence-corrected chi connectivity index (χ1v) is 8.23. The number of amides is 1. The second-order valence-corrected chi connectivity index (χ2v) is 6.04. The standard InChI is InChI=1S/C19H19F3N2O2.ClH/c1-26-17-5-3-2-4-15(17)16-12-23-10-11-24(16)18(25)13-6-8-14(9-7-13)19(20,21)22;/h2-9,16,23H,10-12H2,1H3;1H. The van der Waals surface area contributed by atoms with E-state index in [1.165, 1.54) is 12.1 Å². The molecule has 1 aliphatic rings. The lowest BCUT2D eigenvalue weighted by Crippen LogP contribution is -2.48. The Balaban J connectivity index is 0.00000261. The molecule has 0 saturated carbocycles. The van der Waals surface area contributed by atoms with Gasteiger partial charge >= 0.3 is 6.18 Å². The highest BCUT2D eigenvalue weighted by atomic mass is 35.5. The van der Waals surface area contributed by atoms with Gasteiger partial charge in [0.05, 0.1) is 18.7 Å². The number of ether oxygens (including phenoxy) is 1. The van der Waals surface area contributed by atoms with Gasteiger partial charge in [-0.3, -0.25) is 4.79 Å². The Labute approximate surface area is 161 Å². The molecule has 8 heteroatoms. The predicted molar refractivity (Wildman–Crippen MR) is 98.3 cm³/mol. The zero-order valence-electron chi connectivity index (χ0n) is 14.6. The molecule has 1 aliphatic heterocycles. The molecule has 0 aliphatic carbocycles. The molecule has 146 valence electrons. The Hall–Kier alpha value is -2.25. The third-order valence-corrected chi connectivity index (χ3v) is 4.46. The maximum Gasteiger partial charge on any atom is 0.416 e. The fourth-order valence-electron chi connectivity index (χ4n) is 3.13. The van der Waals surface area contributed by atoms with Crippen molar-refractivity contribution >= 4 is 18.3 Å². The van der Waals surface area contributed by atoms with Gasteiger partial charge in [-0.2, -0.15) is 13.2 Å². The number of nitrogens with one attached hydrogen (secondary N) is 1. The maximum atomic E-state index is 12.9. The summed E-state index contributed by atoms with van der Waals surface area (Å²) in [4.78, 5) is 14.6. The molecule has 1 saturated heterocycles. The van der Waals surface area contributed by atoms with Gasteiger partial charge in [-0.05, 0) is 30.3 Å². The molecular weight excluding hydrogens is 381 g/mol. The number of halogens is 4. The molecule has 2 aromatic carbocycles. The molecular formula is C19H20ClF3N2O2. The van der Waals surface area contributed by atoms with Gasteiger partial charge in [-0.25, -0.2) is 0 Å². The first kappa shape index (κ1) is 21.1. The molecule has 1 amide bonds. The van der Waals surface area contributed by atoms with Crippen LogP contribution >= 0.6 is 12.4 Å². The van der Waals surface area contributed by atoms with Crippen LogP contribution in [0.15, 0.2) is 48.5 Å². The van der Waals surface area contributed by atoms with Crippen molar-refractivity contribution in [3.63, 3.8) is 0 Å². The van der Waals surface area contributed by atoms with E-state index < -0.39 is 11.7 Å². The minimum atomic E-state index is -4.42. The fraction of sp³-hybridized carbons (Fsp3) is 0.316. The van der Waals surface area contributed by atoms with Crippen molar-refractivity contribution in [3.05, 3.63) is 65.2 Å². The molecule has 0 spiro atoms. The van der Waals surface area contributed by atoms with Crippen LogP contribution in [0.2, 0.25) is 0 Å². The highest BCUT2D eigenvalue weighted by Gasteiger charge is 2.32. The summed E-state index contributed by atoms with van der Waals surface area (Å²) < 4.78 is 43.6. The monoisotopic (exact) mass is 400 g/mol. The van der Waals surface area contributed by atoms with Crippen molar-refractivity contribution < 1.29 is 22.7 Å². The lowest BCUT2D eigenvalue weighted by Gasteiger charge is -2.37. The van der Waals surface area contributed by atoms with Crippen LogP contribution in [0.25, 0.3) is 0 Å². The number of rotatable bonds is 3. The maximum absolute atomic E-state index is 12.9. The smallest absolute Gasteiger partial charge is 0.416 e. The fourth-order valence-corrected chi connectivity index (χ4v) is 3.13. The van der Waals surface area contributed by atoms with Crippen molar-refractivity contribution in [2.45, 2.75) is 12.2 Å². The molecule has 1 fully saturated rings. The van der Waals surface area contributed by atoms with Crippen LogP contribution in [0.1, 0.15) is 27.5 Å². The normalized spacial score (nSPS) is 17.2. The number of benzene rings is 2. The van der Waals surface area contributed by atoms with Crippen LogP contribution in [0.3, 0.4) is 0 Å². The Morgan fingerprint density at radius 2 is 1.81 bits per heavy atom. The number of hydrogen-bond donors (Lipinski definition) is 1. The number of piperazine rings is 1. The number of carbonyl (C=O) groups is 1. The second-order valence-electron chi connectivity index (χ2n) is 6.04. The molecule has 1 atom stereocenters. The van der Waals surface area contributed by atoms with Crippen LogP contribution in [0, 0.1) is 0 Å². The summed E-state index contributed by atoms with van der Waals surface area (Å²) in [6.07, 6.45) is -4.42. The Morgan fingerprint density at radius 1 is 1.15 bits per heavy atom. The van der Waals surface area contributed by atoms with Crippen LogP contribution in [-0.2, 0) is 6.18 Å². The number of carbonyl (C=O) groups excluding carboxylic acids is 1. The third kappa shape index (κ3) is 4.54. The lowest BCUT2D eigenvalue weighted by molar-refractivity contribution is -0.137. The van der Waals surface area contributed by atoms with E-state index in [0.29, 0.717) is 25.4 Å². The Bertz CT molecular complexity index is 781. The van der Waals surface area contributed by atoms with Gasteiger partial charge in [0, 0.05) is 30.8 Å². The summed E-state index contributed by atoms with van der Waals surface area (Å²) in [6, 6.07) is 11.5. The largest absolute Gasteiger partial charge is 0.496 e. The van der Waals surface area contributed by atoms with E-state index in [1.54, 1.807) is 12.0 Å². The van der Waals surface area contributed by atoms with Crippen molar-refractivity contribution in [1.29, 1.82) is 0 Å². The summed E-state index contributed by atoms with van der Waals surface area (Å²) in [7, 11) is 1.57. The highest BCUT2D eigenvalue weighted by Crippen LogP contribution is 2.32. The number of alkyl halides is 3. The van der Waals surface area contributed by atoms with E-state index in [0.717, 1.165) is 17.7 Å². The number of nitrogens with zero attached hydrogens (tertiary/aromatic N) is 1. The van der Waals surface area contributed by atoms with E-state index in [-0.39, 0.29) is 29.9 Å². The van der Waals surface area contributed by atoms with Gasteiger partial charge in [0.15, 0.2) is 0 Å². The van der Waals surface area contributed by atoms with Crippen molar-refractivity contribution in [2.24, 2.45) is 0 Å². The first-order valence-electron chi connectivity index (χ1n) is 8.23. The van der Waals surface area contributed by atoms with Gasteiger partial charge in [-0.15, -0.1) is 12.4 Å². The molecule has 2 aromatic rings. The van der Waals surface area contributed by atoms with Crippen molar-refractivity contribution in [3.8, 4) is 5.75 Å². The molecule has 1 unspecified atom stereocenters. The van der Waals surface area contributed by atoms with Crippen LogP contribution in [0.5, 0.6) is 5.75 Å². The predicted octanol–water partition coefficient (Wildman–Crippen LogP) is 3.92. The molecule has 4 nitrogen and oxygen atoms in total. The Morgan fingerprint density at radius 3 is 2.44 bits per heavy atom. The molecule has 0 bridgehead atoms. The average molecular weight is 401 g/mol. The molecule has 3 rings (SSSR count). The lowest BCUT2D eigenvalue weighted by atomic mass is 10.0. The second kappa shape index (κ2) is 8.63. The van der Waals surface area contributed by atoms with Crippen LogP contribution < -0.4 is 10.1 Å². The summed E-state index contributed by atoms with van der Waals surface area (Å²) >= 11 is 0. The third-order valence-electron chi connectivity index (χ3n) is 4.46. The molecule has 27 heavy (non-hydrogen) atoms. The van der Waals surface area contributed by atoms with Crippen molar-refractivity contribution in [2.75, 3.05) is 26.7 Å². The van der Waals surface area contributed by atoms with Crippen LogP contribution in [0.4, 0.5) is 13.2 Å². The van der Waals surface area contributed by atoms with Gasteiger partial charge in [0.1, 0.15) is 5.75 Å². The first-order chi connectivity index (χ1) is 12.4. The van der Waals surface area contributed by atoms with E-state index >= 15 is 0 Å². The zero-order chi connectivity index (χ0) is 18.7. The molecule has 1 N–H and O–H groups in total. The SMILES string of the molecule is COc1ccccc1C1CNCCN1C(=O)c1ccc(C(F)(F)F)cc1.Cl. The van der Waals surface area contributed by atoms with Gasteiger partial charge < -0.3 is 15.0 Å². The minimum absolute atomic E-state index is 0. The van der Waals surface area contributed by atoms with E-state index in [2.05, 4.69) is 5.32 Å². The molecule has 1 heterocycles. The summed E-state index contributed by atoms with van der Waals surface area (Å²) in [5.41, 5.74) is 0.331. The van der Waals surface area contributed by atoms with Gasteiger partial charge in [-0.1, -0.05) is 18.2 Å². The summed E-state index contributed by atoms with van der Waals surface area (Å²) in [6.45, 7) is 1.63. The summed E-state index contributed by atoms with van der Waals surface area (Å²) in [5, 5.41) is 3.25. The molecule has 0 radical (unpaired) electrons. The zero-order valence-corrected chi connectivity index (χ0v) is 15.4. The Kier molecular flexibility index (Phi) is 6.73. The van der Waals surface area contributed by atoms with Crippen LogP contribution in [-0.4, -0.2) is 37.6 Å². The van der Waals surface area contributed by atoms with Crippen molar-refractivity contribution in [1.82, 2.24) is 10.2 Å². The highest BCUT2D eigenvalue weighted by molar-refractivity contribution is 5.94. The average Bonchev–Trinajstić information content (AvgIpc) is 2.67. The number of methoxy groups -OCH3 is 1. The topological polar surface area (TPSA) is 41.6 Å². The number of hydrogen-bond acceptors (Lipinski definition) is 3. The van der Waals surface area contributed by atoms with E-state index in [4.69, 9.17) is 4.74 Å². The van der Waals surface area contributed by atoms with Gasteiger partial charge in [0.2, 0.25) is 0 Å². The van der Waals surface area contributed by atoms with E-state index in [1.807, 2.05) is 24.3 Å². The number of para-hydroxylation sites is 1. The van der Waals surface area contributed by atoms with Gasteiger partial charge in [0.25, 0.3) is 5.91 Å². The van der Waals surface area contributed by atoms with E-state index in [9.17, 15) is 18.0 Å². The quantitative estimate of drug-likeness (QED) is 0.849.